The van der Waals surface area contributed by atoms with Crippen LogP contribution in [0.4, 0.5) is 0 Å². The molecule has 0 aromatic carbocycles. The third-order valence-electron chi connectivity index (χ3n) is 2.70. The van der Waals surface area contributed by atoms with Crippen molar-refractivity contribution in [2.75, 3.05) is 0 Å². The first-order valence-electron chi connectivity index (χ1n) is 5.29. The molecule has 0 spiro atoms. The highest BCUT2D eigenvalue weighted by molar-refractivity contribution is 5.79. The van der Waals surface area contributed by atoms with E-state index in [1.165, 1.54) is 19.3 Å². The number of carbonyl (C=O) groups excluding carboxylic acids is 1. The summed E-state index contributed by atoms with van der Waals surface area (Å²) in [5, 5.41) is 0. The monoisotopic (exact) mass is 179 g/mol. The van der Waals surface area contributed by atoms with Crippen LogP contribution in [0.1, 0.15) is 44.9 Å². The van der Waals surface area contributed by atoms with Crippen molar-refractivity contribution in [1.29, 1.82) is 0 Å². The van der Waals surface area contributed by atoms with E-state index in [9.17, 15) is 4.79 Å². The Kier molecular flexibility index (Phi) is 4.81. The lowest BCUT2D eigenvalue weighted by molar-refractivity contribution is -0.118. The summed E-state index contributed by atoms with van der Waals surface area (Å²) >= 11 is 0. The quantitative estimate of drug-likeness (QED) is 0.607. The van der Waals surface area contributed by atoms with Crippen LogP contribution in [0.25, 0.3) is 0 Å². The van der Waals surface area contributed by atoms with Crippen LogP contribution in [-0.2, 0) is 4.79 Å². The summed E-state index contributed by atoms with van der Waals surface area (Å²) in [6, 6.07) is 0. The predicted octanol–water partition coefficient (Wildman–Crippen LogP) is 3.31. The Hall–Kier alpha value is -0.590. The Bertz CT molecular complexity index is 172. The fourth-order valence-electron chi connectivity index (χ4n) is 1.84. The Morgan fingerprint density at radius 1 is 1.54 bits per heavy atom. The van der Waals surface area contributed by atoms with Gasteiger partial charge in [-0.2, -0.15) is 0 Å². The van der Waals surface area contributed by atoms with Gasteiger partial charge in [-0.1, -0.05) is 18.9 Å². The van der Waals surface area contributed by atoms with Crippen molar-refractivity contribution >= 4 is 5.78 Å². The molecule has 1 nitrogen and oxygen atoms in total. The summed E-state index contributed by atoms with van der Waals surface area (Å²) in [6.07, 6.45) is 11.5. The minimum atomic E-state index is 0.420. The number of hydrogen-bond donors (Lipinski definition) is 0. The van der Waals surface area contributed by atoms with E-state index in [1.54, 1.807) is 0 Å². The van der Waals surface area contributed by atoms with Crippen LogP contribution in [-0.4, -0.2) is 5.78 Å². The summed E-state index contributed by atoms with van der Waals surface area (Å²) in [4.78, 5) is 11.2. The molecule has 0 saturated heterocycles. The molecule has 1 radical (unpaired) electrons. The second-order valence-electron chi connectivity index (χ2n) is 3.85. The molecular weight excluding hydrogens is 160 g/mol. The van der Waals surface area contributed by atoms with E-state index in [-0.39, 0.29) is 0 Å². The van der Waals surface area contributed by atoms with Gasteiger partial charge in [-0.15, -0.1) is 6.58 Å². The van der Waals surface area contributed by atoms with Crippen molar-refractivity contribution < 1.29 is 4.79 Å². The van der Waals surface area contributed by atoms with Crippen LogP contribution >= 0.6 is 0 Å². The van der Waals surface area contributed by atoms with Gasteiger partial charge in [-0.3, -0.25) is 4.79 Å². The van der Waals surface area contributed by atoms with E-state index >= 15 is 0 Å². The molecule has 0 heterocycles. The van der Waals surface area contributed by atoms with E-state index in [4.69, 9.17) is 0 Å². The van der Waals surface area contributed by atoms with Gasteiger partial charge in [0.05, 0.1) is 0 Å². The van der Waals surface area contributed by atoms with Gasteiger partial charge in [0, 0.05) is 12.8 Å². The molecular formula is C12H19O. The summed E-state index contributed by atoms with van der Waals surface area (Å²) in [5.74, 6) is 1.07. The third-order valence-corrected chi connectivity index (χ3v) is 2.70. The molecule has 1 unspecified atom stereocenters. The number of allylic oxidation sites excluding steroid dienone is 1. The number of hydrogen-bond acceptors (Lipinski definition) is 1. The highest BCUT2D eigenvalue weighted by Gasteiger charge is 2.14. The van der Waals surface area contributed by atoms with Gasteiger partial charge in [-0.25, -0.2) is 0 Å². The molecule has 1 atom stereocenters. The first-order valence-corrected chi connectivity index (χ1v) is 5.29. The minimum absolute atomic E-state index is 0.420. The van der Waals surface area contributed by atoms with Crippen LogP contribution in [0.2, 0.25) is 0 Å². The molecule has 1 fully saturated rings. The Morgan fingerprint density at radius 3 is 3.15 bits per heavy atom. The van der Waals surface area contributed by atoms with Gasteiger partial charge in [0.1, 0.15) is 5.78 Å². The number of carbonyl (C=O) groups is 1. The molecule has 0 aromatic rings. The van der Waals surface area contributed by atoms with Gasteiger partial charge in [0.15, 0.2) is 0 Å². The molecule has 1 rings (SSSR count). The average molecular weight is 179 g/mol. The van der Waals surface area contributed by atoms with E-state index in [1.807, 2.05) is 6.08 Å². The van der Waals surface area contributed by atoms with Crippen LogP contribution in [0.3, 0.4) is 0 Å². The molecule has 1 aliphatic rings. The molecule has 0 N–H and O–H groups in total. The Morgan fingerprint density at radius 2 is 2.38 bits per heavy atom. The Labute approximate surface area is 81.2 Å². The highest BCUT2D eigenvalue weighted by atomic mass is 16.1. The van der Waals surface area contributed by atoms with E-state index < -0.39 is 0 Å². The summed E-state index contributed by atoms with van der Waals surface area (Å²) in [7, 11) is 0. The lowest BCUT2D eigenvalue weighted by Crippen LogP contribution is -2.09. The van der Waals surface area contributed by atoms with Crippen LogP contribution < -0.4 is 0 Å². The van der Waals surface area contributed by atoms with E-state index in [0.29, 0.717) is 18.1 Å². The van der Waals surface area contributed by atoms with Gasteiger partial charge >= 0.3 is 0 Å². The number of rotatable bonds is 3. The molecule has 0 aromatic heterocycles. The van der Waals surface area contributed by atoms with Crippen molar-refractivity contribution in [1.82, 2.24) is 0 Å². The largest absolute Gasteiger partial charge is 0.300 e. The fourth-order valence-corrected chi connectivity index (χ4v) is 1.84. The normalized spacial score (nSPS) is 24.9. The molecule has 1 heteroatoms. The standard InChI is InChI=1S/C12H19O/c1-2-3-6-11-7-4-5-8-12(13)10-9-11/h2,9,11H,1,3-8,10H2. The summed E-state index contributed by atoms with van der Waals surface area (Å²) in [6.45, 7) is 3.72. The zero-order chi connectivity index (χ0) is 9.52. The van der Waals surface area contributed by atoms with Crippen LogP contribution in [0, 0.1) is 12.3 Å². The maximum absolute atomic E-state index is 11.2. The third kappa shape index (κ3) is 4.25. The van der Waals surface area contributed by atoms with Gasteiger partial charge in [0.25, 0.3) is 0 Å². The first-order chi connectivity index (χ1) is 6.33. The molecule has 1 aliphatic carbocycles. The molecule has 73 valence electrons. The van der Waals surface area contributed by atoms with Gasteiger partial charge in [0.2, 0.25) is 0 Å². The first kappa shape index (κ1) is 10.5. The van der Waals surface area contributed by atoms with Crippen LogP contribution in [0.15, 0.2) is 12.7 Å². The zero-order valence-electron chi connectivity index (χ0n) is 8.30. The average Bonchev–Trinajstić information content (AvgIpc) is 2.11. The SMILES string of the molecule is C=CCCC1[CH]CC(=O)CCCC1. The Balaban J connectivity index is 2.27. The van der Waals surface area contributed by atoms with Crippen molar-refractivity contribution in [3.63, 3.8) is 0 Å². The minimum Gasteiger partial charge on any atom is -0.300 e. The second-order valence-corrected chi connectivity index (χ2v) is 3.85. The maximum atomic E-state index is 11.2. The van der Waals surface area contributed by atoms with Crippen molar-refractivity contribution in [3.05, 3.63) is 19.1 Å². The smallest absolute Gasteiger partial charge is 0.133 e. The topological polar surface area (TPSA) is 17.1 Å². The van der Waals surface area contributed by atoms with Crippen molar-refractivity contribution in [2.24, 2.45) is 5.92 Å². The molecule has 0 aliphatic heterocycles. The zero-order valence-corrected chi connectivity index (χ0v) is 8.30. The number of Topliss-reactive ketones (excluding diaryl/α,β-unsaturated/α-hetero) is 1. The van der Waals surface area contributed by atoms with Crippen LogP contribution in [0.5, 0.6) is 0 Å². The predicted molar refractivity (Wildman–Crippen MR) is 55.3 cm³/mol. The summed E-state index contributed by atoms with van der Waals surface area (Å²) < 4.78 is 0. The van der Waals surface area contributed by atoms with Crippen molar-refractivity contribution in [3.8, 4) is 0 Å². The lowest BCUT2D eigenvalue weighted by Gasteiger charge is -2.17. The van der Waals surface area contributed by atoms with Gasteiger partial charge < -0.3 is 0 Å². The molecule has 0 amide bonds. The summed E-state index contributed by atoms with van der Waals surface area (Å²) in [5.41, 5.74) is 0. The van der Waals surface area contributed by atoms with Gasteiger partial charge in [-0.05, 0) is 31.6 Å². The molecule has 1 saturated carbocycles. The number of ketones is 1. The maximum Gasteiger partial charge on any atom is 0.133 e. The van der Waals surface area contributed by atoms with E-state index in [0.717, 1.165) is 19.3 Å². The highest BCUT2D eigenvalue weighted by Crippen LogP contribution is 2.23. The molecule has 13 heavy (non-hydrogen) atoms. The second kappa shape index (κ2) is 5.95. The fraction of sp³-hybridized carbons (Fsp3) is 0.667. The molecule has 0 bridgehead atoms. The lowest BCUT2D eigenvalue weighted by atomic mass is 9.87. The van der Waals surface area contributed by atoms with E-state index in [2.05, 4.69) is 13.0 Å². The van der Waals surface area contributed by atoms with Crippen molar-refractivity contribution in [2.45, 2.75) is 44.9 Å².